The van der Waals surface area contributed by atoms with Crippen molar-refractivity contribution in [2.75, 3.05) is 6.61 Å². The summed E-state index contributed by atoms with van der Waals surface area (Å²) in [6.07, 6.45) is 11.2. The van der Waals surface area contributed by atoms with Gasteiger partial charge in [-0.3, -0.25) is 9.69 Å². The smallest absolute Gasteiger partial charge is 0.411 e. The fraction of sp³-hybridized carbons (Fsp3) is 0.784. The Morgan fingerprint density at radius 3 is 2.36 bits per heavy atom. The number of carbonyl (C=O) groups excluding carboxylic acids is 2. The molecule has 44 heavy (non-hydrogen) atoms. The molecule has 1 spiro atoms. The first kappa shape index (κ1) is 36.8. The number of Topliss-reactive ketones (excluding diaryl/α,β-unsaturated/α-hetero) is 1. The van der Waals surface area contributed by atoms with E-state index in [4.69, 9.17) is 13.9 Å². The van der Waals surface area contributed by atoms with Crippen LogP contribution in [0.5, 0.6) is 0 Å². The summed E-state index contributed by atoms with van der Waals surface area (Å²) in [5.41, 5.74) is -0.0331. The van der Waals surface area contributed by atoms with Gasteiger partial charge >= 0.3 is 6.09 Å². The van der Waals surface area contributed by atoms with Gasteiger partial charge in [0.2, 0.25) is 0 Å². The Hall–Kier alpha value is -1.70. The Morgan fingerprint density at radius 1 is 1.02 bits per heavy atom. The molecule has 0 N–H and O–H groups in total. The number of nitrogens with zero attached hydrogens (tertiary/aromatic N) is 1. The number of benzene rings is 1. The van der Waals surface area contributed by atoms with Crippen molar-refractivity contribution >= 4 is 20.2 Å². The third-order valence-corrected chi connectivity index (χ3v) is 14.8. The molecule has 1 amide bonds. The average Bonchev–Trinajstić information content (AvgIpc) is 3.27. The molecule has 1 aromatic rings. The molecule has 0 unspecified atom stereocenters. The molecule has 6 nitrogen and oxygen atoms in total. The number of likely N-dealkylation sites (tertiary alicyclic amines) is 1. The van der Waals surface area contributed by atoms with Crippen LogP contribution < -0.4 is 0 Å². The van der Waals surface area contributed by atoms with E-state index in [0.717, 1.165) is 56.9 Å². The summed E-state index contributed by atoms with van der Waals surface area (Å²) in [5, 5.41) is 0.127. The maximum atomic E-state index is 14.0. The maximum Gasteiger partial charge on any atom is 0.411 e. The van der Waals surface area contributed by atoms with Gasteiger partial charge in [0.25, 0.3) is 0 Å². The van der Waals surface area contributed by atoms with Gasteiger partial charge in [0.1, 0.15) is 11.4 Å². The van der Waals surface area contributed by atoms with Crippen molar-refractivity contribution in [2.45, 2.75) is 174 Å². The first-order valence-electron chi connectivity index (χ1n) is 17.4. The molecule has 1 aliphatic carbocycles. The lowest BCUT2D eigenvalue weighted by Gasteiger charge is -2.48. The molecule has 4 atom stereocenters. The summed E-state index contributed by atoms with van der Waals surface area (Å²) in [5.74, 6) is 0.0942. The third kappa shape index (κ3) is 9.90. The van der Waals surface area contributed by atoms with Crippen LogP contribution in [0.2, 0.25) is 18.1 Å². The third-order valence-electron chi connectivity index (χ3n) is 10.3. The number of ketones is 1. The van der Waals surface area contributed by atoms with Gasteiger partial charge < -0.3 is 13.9 Å². The van der Waals surface area contributed by atoms with E-state index in [1.165, 1.54) is 19.3 Å². The molecular weight excluding hydrogens is 566 g/mol. The Bertz CT molecular complexity index is 1050. The van der Waals surface area contributed by atoms with Crippen LogP contribution in [-0.4, -0.2) is 55.0 Å². The minimum absolute atomic E-state index is 0.115. The highest BCUT2D eigenvalue weighted by atomic mass is 28.4. The lowest BCUT2D eigenvalue weighted by atomic mass is 9.68. The minimum atomic E-state index is -1.98. The van der Waals surface area contributed by atoms with E-state index in [1.807, 2.05) is 43.9 Å². The van der Waals surface area contributed by atoms with Gasteiger partial charge in [-0.05, 0) is 89.4 Å². The molecule has 0 bridgehead atoms. The molecule has 1 saturated carbocycles. The van der Waals surface area contributed by atoms with Gasteiger partial charge in [0.15, 0.2) is 8.32 Å². The number of amides is 1. The zero-order valence-electron chi connectivity index (χ0n) is 29.5. The van der Waals surface area contributed by atoms with Crippen LogP contribution in [0, 0.1) is 5.92 Å². The quantitative estimate of drug-likeness (QED) is 0.151. The van der Waals surface area contributed by atoms with Crippen molar-refractivity contribution in [1.29, 1.82) is 0 Å². The highest BCUT2D eigenvalue weighted by Gasteiger charge is 2.57. The molecule has 2 aliphatic rings. The standard InChI is InChI=1S/C37H63NO5Si/c1-10-11-12-16-20-31(43-44(8,9)36(5,6)7)22-23-32-33(39)21-17-25-37(32)26-24-30(38(37)34(40)42-35(2,3)4)28-41-27-29-18-14-13-15-19-29/h13-15,18-19,30-32H,10-12,16-17,20-28H2,1-9H3/t30-,31-,32+,37-/m0/s1. The Morgan fingerprint density at radius 2 is 1.73 bits per heavy atom. The summed E-state index contributed by atoms with van der Waals surface area (Å²) in [4.78, 5) is 29.8. The number of hydrogen-bond donors (Lipinski definition) is 0. The van der Waals surface area contributed by atoms with E-state index in [1.54, 1.807) is 0 Å². The molecule has 0 aromatic heterocycles. The topological polar surface area (TPSA) is 65.1 Å². The van der Waals surface area contributed by atoms with E-state index in [9.17, 15) is 9.59 Å². The van der Waals surface area contributed by atoms with E-state index in [0.29, 0.717) is 25.4 Å². The number of ether oxygens (including phenoxy) is 2. The van der Waals surface area contributed by atoms with Crippen LogP contribution in [0.4, 0.5) is 4.79 Å². The summed E-state index contributed by atoms with van der Waals surface area (Å²) < 4.78 is 19.3. The molecule has 3 rings (SSSR count). The number of unbranched alkanes of at least 4 members (excludes halogenated alkanes) is 3. The Labute approximate surface area is 270 Å². The van der Waals surface area contributed by atoms with Gasteiger partial charge in [0.05, 0.1) is 24.8 Å². The zero-order chi connectivity index (χ0) is 32.6. The van der Waals surface area contributed by atoms with Crippen LogP contribution in [-0.2, 0) is 25.3 Å². The molecule has 1 saturated heterocycles. The van der Waals surface area contributed by atoms with Crippen LogP contribution in [0.15, 0.2) is 30.3 Å². The maximum absolute atomic E-state index is 14.0. The van der Waals surface area contributed by atoms with Crippen LogP contribution in [0.25, 0.3) is 0 Å². The summed E-state index contributed by atoms with van der Waals surface area (Å²) >= 11 is 0. The fourth-order valence-corrected chi connectivity index (χ4v) is 8.38. The van der Waals surface area contributed by atoms with Gasteiger partial charge in [-0.2, -0.15) is 0 Å². The second-order valence-electron chi connectivity index (χ2n) is 15.9. The Kier molecular flexibility index (Phi) is 13.1. The molecular formula is C37H63NO5Si. The zero-order valence-corrected chi connectivity index (χ0v) is 30.5. The lowest BCUT2D eigenvalue weighted by molar-refractivity contribution is -0.132. The fourth-order valence-electron chi connectivity index (χ4n) is 6.96. The van der Waals surface area contributed by atoms with Gasteiger partial charge in [-0.1, -0.05) is 83.7 Å². The van der Waals surface area contributed by atoms with Crippen molar-refractivity contribution < 1.29 is 23.5 Å². The van der Waals surface area contributed by atoms with Gasteiger partial charge in [-0.15, -0.1) is 0 Å². The van der Waals surface area contributed by atoms with Crippen molar-refractivity contribution in [3.05, 3.63) is 35.9 Å². The first-order chi connectivity index (χ1) is 20.6. The van der Waals surface area contributed by atoms with Gasteiger partial charge in [-0.25, -0.2) is 4.79 Å². The molecule has 2 fully saturated rings. The van der Waals surface area contributed by atoms with Crippen LogP contribution >= 0.6 is 0 Å². The SMILES string of the molecule is CCCCCC[C@@H](CC[C@@H]1C(=O)CCC[C@]12CC[C@@H](COCc1ccccc1)N2C(=O)OC(C)(C)C)O[Si](C)(C)C(C)(C)C. The summed E-state index contributed by atoms with van der Waals surface area (Å²) in [7, 11) is -1.98. The average molecular weight is 630 g/mol. The molecule has 7 heteroatoms. The van der Waals surface area contributed by atoms with Gasteiger partial charge in [0, 0.05) is 18.4 Å². The molecule has 1 heterocycles. The second-order valence-corrected chi connectivity index (χ2v) is 20.7. The summed E-state index contributed by atoms with van der Waals surface area (Å²) in [6.45, 7) is 20.5. The predicted octanol–water partition coefficient (Wildman–Crippen LogP) is 9.85. The monoisotopic (exact) mass is 629 g/mol. The number of hydrogen-bond acceptors (Lipinski definition) is 5. The number of rotatable bonds is 14. The predicted molar refractivity (Wildman–Crippen MR) is 182 cm³/mol. The largest absolute Gasteiger partial charge is 0.444 e. The molecule has 1 aromatic carbocycles. The first-order valence-corrected chi connectivity index (χ1v) is 20.3. The van der Waals surface area contributed by atoms with Crippen molar-refractivity contribution in [1.82, 2.24) is 4.90 Å². The van der Waals surface area contributed by atoms with Crippen LogP contribution in [0.3, 0.4) is 0 Å². The second kappa shape index (κ2) is 15.7. The Balaban J connectivity index is 1.84. The van der Waals surface area contributed by atoms with E-state index >= 15 is 0 Å². The van der Waals surface area contributed by atoms with E-state index in [-0.39, 0.29) is 29.2 Å². The van der Waals surface area contributed by atoms with Crippen molar-refractivity contribution in [2.24, 2.45) is 5.92 Å². The normalized spacial score (nSPS) is 23.8. The molecule has 0 radical (unpaired) electrons. The number of carbonyl (C=O) groups is 2. The lowest BCUT2D eigenvalue weighted by Crippen LogP contribution is -2.60. The van der Waals surface area contributed by atoms with Crippen LogP contribution in [0.1, 0.15) is 131 Å². The van der Waals surface area contributed by atoms with Crippen molar-refractivity contribution in [3.8, 4) is 0 Å². The molecule has 250 valence electrons. The molecule has 1 aliphatic heterocycles. The van der Waals surface area contributed by atoms with Crippen molar-refractivity contribution in [3.63, 3.8) is 0 Å². The highest BCUT2D eigenvalue weighted by Crippen LogP contribution is 2.49. The summed E-state index contributed by atoms with van der Waals surface area (Å²) in [6, 6.07) is 10.0. The van der Waals surface area contributed by atoms with E-state index in [2.05, 4.69) is 52.9 Å². The van der Waals surface area contributed by atoms with E-state index < -0.39 is 19.5 Å². The minimum Gasteiger partial charge on any atom is -0.444 e. The highest BCUT2D eigenvalue weighted by molar-refractivity contribution is 6.74.